The first-order valence-electron chi connectivity index (χ1n) is 6.05. The number of Topliss-reactive ketones (excluding diaryl/α,β-unsaturated/α-hetero) is 1. The van der Waals surface area contributed by atoms with Crippen LogP contribution in [0.5, 0.6) is 0 Å². The summed E-state index contributed by atoms with van der Waals surface area (Å²) in [5.41, 5.74) is 1.19. The van der Waals surface area contributed by atoms with Crippen molar-refractivity contribution in [1.29, 1.82) is 5.26 Å². The molecule has 0 aliphatic heterocycles. The number of carbonyl (C=O) groups is 1. The lowest BCUT2D eigenvalue weighted by molar-refractivity contribution is -0.113. The third-order valence-corrected chi connectivity index (χ3v) is 3.10. The molecule has 17 heavy (non-hydrogen) atoms. The highest BCUT2D eigenvalue weighted by Crippen LogP contribution is 2.51. The number of rotatable bonds is 6. The molecule has 0 bridgehead atoms. The van der Waals surface area contributed by atoms with E-state index in [-0.39, 0.29) is 11.2 Å². The second-order valence-electron chi connectivity index (χ2n) is 4.56. The van der Waals surface area contributed by atoms with Gasteiger partial charge in [0.2, 0.25) is 0 Å². The SMILES string of the molecule is C=C(/C=C\C(=C/CCC)C(C)=O)C1(C#N)CC1. The lowest BCUT2D eigenvalue weighted by Crippen LogP contribution is -1.98. The molecular weight excluding hydrogens is 210 g/mol. The molecule has 0 saturated heterocycles. The summed E-state index contributed by atoms with van der Waals surface area (Å²) in [5, 5.41) is 9.02. The number of carbonyl (C=O) groups excluding carboxylic acids is 1. The molecule has 0 heterocycles. The van der Waals surface area contributed by atoms with E-state index in [1.165, 1.54) is 0 Å². The molecule has 0 radical (unpaired) electrons. The molecule has 1 aliphatic carbocycles. The minimum absolute atomic E-state index is 0.0595. The number of unbranched alkanes of at least 4 members (excludes halogenated alkanes) is 1. The molecule has 0 amide bonds. The van der Waals surface area contributed by atoms with Crippen molar-refractivity contribution < 1.29 is 4.79 Å². The second-order valence-corrected chi connectivity index (χ2v) is 4.56. The zero-order valence-electron chi connectivity index (χ0n) is 10.6. The van der Waals surface area contributed by atoms with Crippen molar-refractivity contribution in [3.8, 4) is 6.07 Å². The minimum atomic E-state index is -0.344. The first-order valence-corrected chi connectivity index (χ1v) is 6.05. The van der Waals surface area contributed by atoms with Gasteiger partial charge in [-0.05, 0) is 31.8 Å². The summed E-state index contributed by atoms with van der Waals surface area (Å²) in [7, 11) is 0. The molecule has 1 fully saturated rings. The van der Waals surface area contributed by atoms with Gasteiger partial charge in [0.1, 0.15) is 0 Å². The molecule has 1 saturated carbocycles. The lowest BCUT2D eigenvalue weighted by Gasteiger charge is -2.04. The van der Waals surface area contributed by atoms with Crippen molar-refractivity contribution in [2.45, 2.75) is 39.5 Å². The molecule has 2 nitrogen and oxygen atoms in total. The van der Waals surface area contributed by atoms with Crippen molar-refractivity contribution in [3.63, 3.8) is 0 Å². The van der Waals surface area contributed by atoms with Gasteiger partial charge in [-0.1, -0.05) is 38.2 Å². The van der Waals surface area contributed by atoms with Gasteiger partial charge in [-0.2, -0.15) is 5.26 Å². The molecule has 0 N–H and O–H groups in total. The number of ketones is 1. The topological polar surface area (TPSA) is 40.9 Å². The molecule has 0 unspecified atom stereocenters. The van der Waals surface area contributed by atoms with Gasteiger partial charge in [0.25, 0.3) is 0 Å². The van der Waals surface area contributed by atoms with Gasteiger partial charge in [0, 0.05) is 5.57 Å². The van der Waals surface area contributed by atoms with E-state index in [9.17, 15) is 4.79 Å². The average Bonchev–Trinajstić information content (AvgIpc) is 3.09. The summed E-state index contributed by atoms with van der Waals surface area (Å²) in [6, 6.07) is 2.29. The van der Waals surface area contributed by atoms with E-state index < -0.39 is 0 Å². The summed E-state index contributed by atoms with van der Waals surface area (Å²) in [6.07, 6.45) is 9.25. The van der Waals surface area contributed by atoms with E-state index in [1.54, 1.807) is 13.0 Å². The van der Waals surface area contributed by atoms with Crippen molar-refractivity contribution in [2.75, 3.05) is 0 Å². The zero-order chi connectivity index (χ0) is 12.9. The summed E-state index contributed by atoms with van der Waals surface area (Å²) < 4.78 is 0. The van der Waals surface area contributed by atoms with Gasteiger partial charge in [-0.15, -0.1) is 0 Å². The fraction of sp³-hybridized carbons (Fsp3) is 0.467. The fourth-order valence-corrected chi connectivity index (χ4v) is 1.61. The van der Waals surface area contributed by atoms with Crippen LogP contribution in [0, 0.1) is 16.7 Å². The molecular formula is C15H19NO. The van der Waals surface area contributed by atoms with Crippen LogP contribution < -0.4 is 0 Å². The first-order chi connectivity index (χ1) is 8.05. The van der Waals surface area contributed by atoms with Gasteiger partial charge in [0.15, 0.2) is 5.78 Å². The van der Waals surface area contributed by atoms with Crippen LogP contribution in [0.4, 0.5) is 0 Å². The fourth-order valence-electron chi connectivity index (χ4n) is 1.61. The van der Waals surface area contributed by atoms with E-state index in [0.29, 0.717) is 5.57 Å². The van der Waals surface area contributed by atoms with Crippen LogP contribution in [0.25, 0.3) is 0 Å². The van der Waals surface area contributed by atoms with Gasteiger partial charge >= 0.3 is 0 Å². The van der Waals surface area contributed by atoms with Crippen LogP contribution in [-0.2, 0) is 4.79 Å². The molecule has 0 spiro atoms. The Kier molecular flexibility index (Phi) is 4.45. The molecule has 0 aromatic heterocycles. The van der Waals surface area contributed by atoms with Gasteiger partial charge in [0.05, 0.1) is 11.5 Å². The van der Waals surface area contributed by atoms with Gasteiger partial charge < -0.3 is 0 Å². The number of hydrogen-bond acceptors (Lipinski definition) is 2. The third kappa shape index (κ3) is 3.42. The Hall–Kier alpha value is -1.62. The van der Waals surface area contributed by atoms with E-state index in [4.69, 9.17) is 5.26 Å². The quantitative estimate of drug-likeness (QED) is 0.514. The monoisotopic (exact) mass is 229 g/mol. The Labute approximate surface area is 103 Å². The molecule has 2 heteroatoms. The maximum Gasteiger partial charge on any atom is 0.159 e. The highest BCUT2D eigenvalue weighted by atomic mass is 16.1. The predicted molar refractivity (Wildman–Crippen MR) is 69.2 cm³/mol. The molecule has 0 aromatic carbocycles. The Bertz CT molecular complexity index is 417. The van der Waals surface area contributed by atoms with E-state index in [1.807, 2.05) is 12.2 Å². The lowest BCUT2D eigenvalue weighted by atomic mass is 9.97. The molecule has 1 rings (SSSR count). The Morgan fingerprint density at radius 3 is 2.53 bits per heavy atom. The largest absolute Gasteiger partial charge is 0.295 e. The highest BCUT2D eigenvalue weighted by Gasteiger charge is 2.44. The van der Waals surface area contributed by atoms with Crippen molar-refractivity contribution in [2.24, 2.45) is 5.41 Å². The zero-order valence-corrected chi connectivity index (χ0v) is 10.6. The summed E-state index contributed by atoms with van der Waals surface area (Å²) in [4.78, 5) is 11.4. The first kappa shape index (κ1) is 13.4. The minimum Gasteiger partial charge on any atom is -0.295 e. The van der Waals surface area contributed by atoms with Gasteiger partial charge in [-0.3, -0.25) is 4.79 Å². The van der Waals surface area contributed by atoms with Crippen LogP contribution in [0.2, 0.25) is 0 Å². The normalized spacial score (nSPS) is 17.8. The smallest absolute Gasteiger partial charge is 0.159 e. The Balaban J connectivity index is 2.71. The number of allylic oxidation sites excluding steroid dienone is 5. The highest BCUT2D eigenvalue weighted by molar-refractivity contribution is 5.96. The van der Waals surface area contributed by atoms with E-state index in [2.05, 4.69) is 19.6 Å². The van der Waals surface area contributed by atoms with E-state index >= 15 is 0 Å². The van der Waals surface area contributed by atoms with Gasteiger partial charge in [-0.25, -0.2) is 0 Å². The molecule has 1 aliphatic rings. The predicted octanol–water partition coefficient (Wildman–Crippen LogP) is 3.72. The van der Waals surface area contributed by atoms with Crippen LogP contribution in [0.15, 0.2) is 36.0 Å². The van der Waals surface area contributed by atoms with Crippen LogP contribution in [0.1, 0.15) is 39.5 Å². The van der Waals surface area contributed by atoms with Crippen molar-refractivity contribution >= 4 is 5.78 Å². The third-order valence-electron chi connectivity index (χ3n) is 3.10. The average molecular weight is 229 g/mol. The number of hydrogen-bond donors (Lipinski definition) is 0. The molecule has 0 aromatic rings. The Morgan fingerprint density at radius 2 is 2.12 bits per heavy atom. The van der Waals surface area contributed by atoms with Crippen LogP contribution in [0.3, 0.4) is 0 Å². The summed E-state index contributed by atoms with van der Waals surface area (Å²) >= 11 is 0. The van der Waals surface area contributed by atoms with E-state index in [0.717, 1.165) is 31.3 Å². The van der Waals surface area contributed by atoms with Crippen LogP contribution in [-0.4, -0.2) is 5.78 Å². The maximum atomic E-state index is 11.4. The number of nitriles is 1. The summed E-state index contributed by atoms with van der Waals surface area (Å²) in [5.74, 6) is 0.0595. The van der Waals surface area contributed by atoms with Crippen molar-refractivity contribution in [3.05, 3.63) is 36.0 Å². The van der Waals surface area contributed by atoms with Crippen molar-refractivity contribution in [1.82, 2.24) is 0 Å². The molecule has 90 valence electrons. The molecule has 0 atom stereocenters. The standard InChI is InChI=1S/C15H19NO/c1-4-5-6-14(13(3)17)8-7-12(2)15(11-16)9-10-15/h6-8H,2,4-5,9-10H2,1,3H3/b8-7-,14-6+. The number of nitrogens with zero attached hydrogens (tertiary/aromatic N) is 1. The summed E-state index contributed by atoms with van der Waals surface area (Å²) in [6.45, 7) is 7.56. The maximum absolute atomic E-state index is 11.4. The Morgan fingerprint density at radius 1 is 1.47 bits per heavy atom. The second kappa shape index (κ2) is 5.63. The van der Waals surface area contributed by atoms with Crippen LogP contribution >= 0.6 is 0 Å².